The molecule has 268 valence electrons. The number of methoxy groups -OCH3 is 1. The maximum absolute atomic E-state index is 13.8. The number of hydrogen-bond donors (Lipinski definition) is 1. The SMILES string of the molecule is CCOC(=O)CO[C@@H](C(=O)OC(C)(C)C)[C@@H](OCCCCCc1ccc(C)c(C)c1)C(=O)N(C)CCCCCNc1ccc(OC)cc1. The lowest BCUT2D eigenvalue weighted by atomic mass is 10.0. The van der Waals surface area contributed by atoms with Crippen molar-refractivity contribution in [2.45, 2.75) is 104 Å². The molecule has 2 aromatic rings. The molecule has 0 saturated heterocycles. The molecule has 0 fully saturated rings. The van der Waals surface area contributed by atoms with Gasteiger partial charge in [-0.2, -0.15) is 0 Å². The molecule has 0 aliphatic heterocycles. The third-order valence-corrected chi connectivity index (χ3v) is 7.79. The summed E-state index contributed by atoms with van der Waals surface area (Å²) in [6, 6.07) is 14.3. The molecule has 0 saturated carbocycles. The number of amides is 1. The number of carbonyl (C=O) groups is 3. The predicted molar refractivity (Wildman–Crippen MR) is 188 cm³/mol. The summed E-state index contributed by atoms with van der Waals surface area (Å²) in [4.78, 5) is 40.9. The van der Waals surface area contributed by atoms with Gasteiger partial charge in [-0.25, -0.2) is 9.59 Å². The van der Waals surface area contributed by atoms with Crippen LogP contribution in [-0.2, 0) is 39.8 Å². The van der Waals surface area contributed by atoms with E-state index in [1.807, 2.05) is 24.3 Å². The van der Waals surface area contributed by atoms with Gasteiger partial charge < -0.3 is 33.9 Å². The number of hydrogen-bond acceptors (Lipinski definition) is 9. The van der Waals surface area contributed by atoms with Crippen LogP contribution in [0.5, 0.6) is 5.75 Å². The molecule has 10 heteroatoms. The first-order valence-electron chi connectivity index (χ1n) is 17.1. The Morgan fingerprint density at radius 3 is 2.21 bits per heavy atom. The average molecular weight is 671 g/mol. The Morgan fingerprint density at radius 2 is 1.56 bits per heavy atom. The lowest BCUT2D eigenvalue weighted by Gasteiger charge is -2.31. The van der Waals surface area contributed by atoms with Gasteiger partial charge in [0.05, 0.1) is 13.7 Å². The summed E-state index contributed by atoms with van der Waals surface area (Å²) in [7, 11) is 3.33. The second kappa shape index (κ2) is 21.4. The highest BCUT2D eigenvalue weighted by Crippen LogP contribution is 2.19. The van der Waals surface area contributed by atoms with Crippen molar-refractivity contribution in [3.63, 3.8) is 0 Å². The Bertz CT molecular complexity index is 1260. The zero-order valence-corrected chi connectivity index (χ0v) is 30.4. The van der Waals surface area contributed by atoms with Gasteiger partial charge in [-0.1, -0.05) is 24.6 Å². The minimum Gasteiger partial charge on any atom is -0.497 e. The Hall–Kier alpha value is -3.63. The quantitative estimate of drug-likeness (QED) is 0.112. The number of nitrogens with zero attached hydrogens (tertiary/aromatic N) is 1. The Labute approximate surface area is 287 Å². The van der Waals surface area contributed by atoms with Gasteiger partial charge in [0, 0.05) is 32.4 Å². The van der Waals surface area contributed by atoms with Gasteiger partial charge in [0.25, 0.3) is 5.91 Å². The molecule has 0 heterocycles. The highest BCUT2D eigenvalue weighted by Gasteiger charge is 2.40. The first-order valence-corrected chi connectivity index (χ1v) is 17.1. The fourth-order valence-electron chi connectivity index (χ4n) is 4.98. The van der Waals surface area contributed by atoms with E-state index in [2.05, 4.69) is 37.4 Å². The van der Waals surface area contributed by atoms with E-state index in [0.29, 0.717) is 13.0 Å². The number of anilines is 1. The number of benzene rings is 2. The normalized spacial score (nSPS) is 12.6. The fraction of sp³-hybridized carbons (Fsp3) is 0.605. The van der Waals surface area contributed by atoms with Crippen molar-refractivity contribution in [1.29, 1.82) is 0 Å². The number of rotatable bonds is 22. The van der Waals surface area contributed by atoms with Gasteiger partial charge >= 0.3 is 11.9 Å². The molecule has 10 nitrogen and oxygen atoms in total. The van der Waals surface area contributed by atoms with Crippen LogP contribution in [0.1, 0.15) is 82.9 Å². The largest absolute Gasteiger partial charge is 0.497 e. The molecular formula is C38H58N2O8. The average Bonchev–Trinajstić information content (AvgIpc) is 3.04. The van der Waals surface area contributed by atoms with Crippen LogP contribution in [0.3, 0.4) is 0 Å². The Kier molecular flexibility index (Phi) is 18.0. The molecular weight excluding hydrogens is 612 g/mol. The number of aryl methyl sites for hydroxylation is 3. The van der Waals surface area contributed by atoms with Gasteiger partial charge in [0.1, 0.15) is 18.0 Å². The number of nitrogens with one attached hydrogen (secondary N) is 1. The van der Waals surface area contributed by atoms with E-state index in [0.717, 1.165) is 56.5 Å². The minimum absolute atomic E-state index is 0.165. The van der Waals surface area contributed by atoms with Crippen LogP contribution in [0.15, 0.2) is 42.5 Å². The van der Waals surface area contributed by atoms with Crippen LogP contribution in [-0.4, -0.2) is 87.6 Å². The zero-order valence-electron chi connectivity index (χ0n) is 30.4. The smallest absolute Gasteiger partial charge is 0.339 e. The van der Waals surface area contributed by atoms with Gasteiger partial charge in [-0.15, -0.1) is 0 Å². The van der Waals surface area contributed by atoms with Gasteiger partial charge in [0.2, 0.25) is 0 Å². The minimum atomic E-state index is -1.44. The van der Waals surface area contributed by atoms with Crippen molar-refractivity contribution in [2.24, 2.45) is 0 Å². The van der Waals surface area contributed by atoms with Gasteiger partial charge in [-0.05, 0) is 121 Å². The van der Waals surface area contributed by atoms with E-state index in [1.54, 1.807) is 46.8 Å². The van der Waals surface area contributed by atoms with Crippen LogP contribution in [0, 0.1) is 13.8 Å². The summed E-state index contributed by atoms with van der Waals surface area (Å²) < 4.78 is 27.7. The third kappa shape index (κ3) is 15.5. The number of unbranched alkanes of at least 4 members (excludes halogenated alkanes) is 4. The molecule has 48 heavy (non-hydrogen) atoms. The highest BCUT2D eigenvalue weighted by atomic mass is 16.6. The lowest BCUT2D eigenvalue weighted by molar-refractivity contribution is -0.187. The molecule has 2 rings (SSSR count). The lowest BCUT2D eigenvalue weighted by Crippen LogP contribution is -2.51. The molecule has 0 aliphatic carbocycles. The summed E-state index contributed by atoms with van der Waals surface area (Å²) in [6.45, 7) is 12.3. The first kappa shape index (κ1) is 40.5. The maximum Gasteiger partial charge on any atom is 0.339 e. The molecule has 0 aliphatic rings. The molecule has 1 amide bonds. The van der Waals surface area contributed by atoms with Crippen molar-refractivity contribution >= 4 is 23.5 Å². The number of ether oxygens (including phenoxy) is 5. The van der Waals surface area contributed by atoms with E-state index in [9.17, 15) is 14.4 Å². The molecule has 1 N–H and O–H groups in total. The second-order valence-corrected chi connectivity index (χ2v) is 13.1. The van der Waals surface area contributed by atoms with Crippen LogP contribution < -0.4 is 10.1 Å². The van der Waals surface area contributed by atoms with Crippen molar-refractivity contribution in [2.75, 3.05) is 52.4 Å². The summed E-state index contributed by atoms with van der Waals surface area (Å²) in [5.74, 6) is -0.997. The molecule has 0 spiro atoms. The van der Waals surface area contributed by atoms with Crippen LogP contribution in [0.4, 0.5) is 5.69 Å². The molecule has 0 bridgehead atoms. The summed E-state index contributed by atoms with van der Waals surface area (Å²) in [5, 5.41) is 3.39. The predicted octanol–water partition coefficient (Wildman–Crippen LogP) is 6.44. The molecule has 2 atom stereocenters. The monoisotopic (exact) mass is 670 g/mol. The van der Waals surface area contributed by atoms with Gasteiger partial charge in [-0.3, -0.25) is 4.79 Å². The van der Waals surface area contributed by atoms with E-state index in [1.165, 1.54) is 16.7 Å². The third-order valence-electron chi connectivity index (χ3n) is 7.79. The number of esters is 2. The van der Waals surface area contributed by atoms with Crippen LogP contribution in [0.2, 0.25) is 0 Å². The number of likely N-dealkylation sites (N-methyl/N-ethyl adjacent to an activating group) is 1. The topological polar surface area (TPSA) is 113 Å². The van der Waals surface area contributed by atoms with Gasteiger partial charge in [0.15, 0.2) is 12.2 Å². The molecule has 0 unspecified atom stereocenters. The zero-order chi connectivity index (χ0) is 35.5. The molecule has 0 aromatic heterocycles. The molecule has 2 aromatic carbocycles. The Balaban J connectivity index is 2.01. The summed E-state index contributed by atoms with van der Waals surface area (Å²) >= 11 is 0. The highest BCUT2D eigenvalue weighted by molar-refractivity contribution is 5.89. The fourth-order valence-corrected chi connectivity index (χ4v) is 4.98. The van der Waals surface area contributed by atoms with Crippen molar-refractivity contribution in [3.05, 3.63) is 59.2 Å². The van der Waals surface area contributed by atoms with Crippen LogP contribution in [0.25, 0.3) is 0 Å². The van der Waals surface area contributed by atoms with Crippen molar-refractivity contribution in [3.8, 4) is 5.75 Å². The number of carbonyl (C=O) groups excluding carboxylic acids is 3. The molecule has 0 radical (unpaired) electrons. The maximum atomic E-state index is 13.8. The van der Waals surface area contributed by atoms with E-state index in [-0.39, 0.29) is 13.2 Å². The van der Waals surface area contributed by atoms with Crippen molar-refractivity contribution < 1.29 is 38.1 Å². The van der Waals surface area contributed by atoms with Crippen molar-refractivity contribution in [1.82, 2.24) is 4.90 Å². The standard InChI is InChI=1S/C38H58N2O8/c1-9-45-33(41)27-47-35(37(43)48-38(4,5)6)34(46-25-15-10-12-16-30-18-17-28(2)29(3)26-30)36(42)40(7)24-14-11-13-23-39-31-19-21-32(44-8)22-20-31/h17-22,26,34-35,39H,9-16,23-25,27H2,1-8H3/t34-,35-/m1/s1. The van der Waals surface area contributed by atoms with E-state index >= 15 is 0 Å². The second-order valence-electron chi connectivity index (χ2n) is 13.1. The Morgan fingerprint density at radius 1 is 0.854 bits per heavy atom. The summed E-state index contributed by atoms with van der Waals surface area (Å²) in [6.07, 6.45) is 3.34. The van der Waals surface area contributed by atoms with E-state index in [4.69, 9.17) is 23.7 Å². The van der Waals surface area contributed by atoms with E-state index < -0.39 is 42.3 Å². The van der Waals surface area contributed by atoms with Crippen LogP contribution >= 0.6 is 0 Å². The summed E-state index contributed by atoms with van der Waals surface area (Å²) in [5.41, 5.74) is 4.03. The first-order chi connectivity index (χ1) is 22.8.